The lowest BCUT2D eigenvalue weighted by Gasteiger charge is -2.53. The van der Waals surface area contributed by atoms with Gasteiger partial charge in [0.1, 0.15) is 12.1 Å². The highest BCUT2D eigenvalue weighted by molar-refractivity contribution is 7.80. The topological polar surface area (TPSA) is 261 Å². The smallest absolute Gasteiger partial charge is 0.397 e. The Bertz CT molecular complexity index is 816. The van der Waals surface area contributed by atoms with Gasteiger partial charge in [0, 0.05) is 6.61 Å². The molecule has 0 saturated carbocycles. The van der Waals surface area contributed by atoms with Crippen LogP contribution in [0, 0.1) is 10.8 Å². The lowest BCUT2D eigenvalue weighted by atomic mass is 9.85. The highest BCUT2D eigenvalue weighted by Gasteiger charge is 2.75. The monoisotopic (exact) mass is 410 g/mol. The average Bonchev–Trinajstić information content (AvgIpc) is 2.96. The van der Waals surface area contributed by atoms with Gasteiger partial charge in [-0.25, -0.2) is 14.2 Å². The molecule has 0 unspecified atom stereocenters. The number of hydrogen-bond acceptors (Lipinski definition) is 13. The Morgan fingerprint density at radius 3 is 2.70 bits per heavy atom. The summed E-state index contributed by atoms with van der Waals surface area (Å²) in [6, 6.07) is -2.80. The van der Waals surface area contributed by atoms with Gasteiger partial charge in [0.2, 0.25) is 11.7 Å². The molecule has 27 heavy (non-hydrogen) atoms. The van der Waals surface area contributed by atoms with E-state index in [-0.39, 0.29) is 5.96 Å². The SMILES string of the molecule is N=C([O-])OC[C@H]1[C@@H]2N=C(N)N[C@]23N(C[C@@H](OS(=O)(=O)O)C3(O)O)C(=N)N1O. The zero-order valence-electron chi connectivity index (χ0n) is 13.3. The highest BCUT2D eigenvalue weighted by Crippen LogP contribution is 2.47. The van der Waals surface area contributed by atoms with E-state index in [1.54, 1.807) is 0 Å². The van der Waals surface area contributed by atoms with E-state index in [2.05, 4.69) is 19.2 Å². The molecule has 9 N–H and O–H groups in total. The van der Waals surface area contributed by atoms with Crippen LogP contribution in [0.2, 0.25) is 0 Å². The van der Waals surface area contributed by atoms with Crippen LogP contribution < -0.4 is 16.2 Å². The van der Waals surface area contributed by atoms with Crippen molar-refractivity contribution in [3.63, 3.8) is 0 Å². The second kappa shape index (κ2) is 5.78. The van der Waals surface area contributed by atoms with E-state index in [1.165, 1.54) is 0 Å². The Balaban J connectivity index is 2.07. The number of ether oxygens (including phenoxy) is 1. The summed E-state index contributed by atoms with van der Waals surface area (Å²) in [4.78, 5) is 4.75. The van der Waals surface area contributed by atoms with Crippen molar-refractivity contribution in [1.29, 1.82) is 10.8 Å². The van der Waals surface area contributed by atoms with Crippen molar-refractivity contribution in [3.05, 3.63) is 0 Å². The number of nitrogens with two attached hydrogens (primary N) is 1. The van der Waals surface area contributed by atoms with Crippen LogP contribution in [0.1, 0.15) is 0 Å². The summed E-state index contributed by atoms with van der Waals surface area (Å²) in [5.74, 6) is -4.21. The largest absolute Gasteiger partial charge is 0.598 e. The lowest BCUT2D eigenvalue weighted by Crippen LogP contribution is -2.80. The molecule has 3 rings (SSSR count). The van der Waals surface area contributed by atoms with E-state index < -0.39 is 65.2 Å². The molecule has 0 aromatic rings. The first kappa shape index (κ1) is 19.3. The first-order chi connectivity index (χ1) is 12.3. The van der Waals surface area contributed by atoms with Crippen molar-refractivity contribution in [3.8, 4) is 0 Å². The number of aliphatic hydroxyl groups is 2. The Morgan fingerprint density at radius 2 is 2.15 bits per heavy atom. The predicted molar refractivity (Wildman–Crippen MR) is 80.4 cm³/mol. The van der Waals surface area contributed by atoms with E-state index in [0.717, 1.165) is 4.90 Å². The van der Waals surface area contributed by atoms with Crippen LogP contribution in [0.25, 0.3) is 0 Å². The highest BCUT2D eigenvalue weighted by atomic mass is 32.3. The molecule has 0 aromatic carbocycles. The predicted octanol–water partition coefficient (Wildman–Crippen LogP) is -5.53. The van der Waals surface area contributed by atoms with Gasteiger partial charge in [0.05, 0.1) is 12.6 Å². The van der Waals surface area contributed by atoms with Gasteiger partial charge in [0.25, 0.3) is 0 Å². The van der Waals surface area contributed by atoms with Crippen molar-refractivity contribution in [2.75, 3.05) is 13.2 Å². The zero-order chi connectivity index (χ0) is 20.4. The third-order valence-electron chi connectivity index (χ3n) is 4.58. The minimum Gasteiger partial charge on any atom is -0.598 e. The summed E-state index contributed by atoms with van der Waals surface area (Å²) in [6.07, 6.45) is -3.46. The molecule has 0 aliphatic carbocycles. The van der Waals surface area contributed by atoms with Gasteiger partial charge in [-0.15, -0.1) is 0 Å². The molecule has 16 nitrogen and oxygen atoms in total. The average molecular weight is 410 g/mol. The maximum Gasteiger partial charge on any atom is 0.397 e. The van der Waals surface area contributed by atoms with Gasteiger partial charge < -0.3 is 36.0 Å². The summed E-state index contributed by atoms with van der Waals surface area (Å²) < 4.78 is 39.8. The molecule has 0 bridgehead atoms. The van der Waals surface area contributed by atoms with Crippen molar-refractivity contribution >= 4 is 28.4 Å². The Kier molecular flexibility index (Phi) is 4.13. The van der Waals surface area contributed by atoms with E-state index in [0.29, 0.717) is 5.06 Å². The van der Waals surface area contributed by atoms with Gasteiger partial charge in [0.15, 0.2) is 17.7 Å². The summed E-state index contributed by atoms with van der Waals surface area (Å²) in [5.41, 5.74) is 3.42. The van der Waals surface area contributed by atoms with Crippen molar-refractivity contribution < 1.29 is 42.4 Å². The third-order valence-corrected chi connectivity index (χ3v) is 5.06. The zero-order valence-corrected chi connectivity index (χ0v) is 14.1. The maximum absolute atomic E-state index is 11.0. The number of nitrogens with one attached hydrogen (secondary N) is 3. The van der Waals surface area contributed by atoms with Crippen LogP contribution in [-0.4, -0.2) is 99.1 Å². The van der Waals surface area contributed by atoms with Crippen molar-refractivity contribution in [2.45, 2.75) is 29.6 Å². The summed E-state index contributed by atoms with van der Waals surface area (Å²) in [5, 5.41) is 59.9. The number of nitrogens with zero attached hydrogens (tertiary/aromatic N) is 3. The van der Waals surface area contributed by atoms with E-state index in [9.17, 15) is 28.9 Å². The van der Waals surface area contributed by atoms with Crippen LogP contribution in [0.5, 0.6) is 0 Å². The fraction of sp³-hybridized carbons (Fsp3) is 0.700. The molecule has 0 aromatic heterocycles. The number of rotatable bonds is 4. The first-order valence-corrected chi connectivity index (χ1v) is 8.62. The van der Waals surface area contributed by atoms with Crippen LogP contribution in [0.3, 0.4) is 0 Å². The second-order valence-corrected chi connectivity index (χ2v) is 7.08. The van der Waals surface area contributed by atoms with E-state index in [1.807, 2.05) is 0 Å². The quantitative estimate of drug-likeness (QED) is 0.0931. The second-order valence-electron chi connectivity index (χ2n) is 6.03. The molecular weight excluding hydrogens is 394 g/mol. The fourth-order valence-corrected chi connectivity index (χ4v) is 4.05. The molecule has 1 spiro atoms. The standard InChI is InChI=1S/C10H17N7O9S/c11-6-14-5-3(2-25-8(13)18)17(21)7(12)16-1-4(26-27(22,23)24)10(19,20)9(5,16)15-6/h3-5,12,19-21H,1-2H2,(H2,13,18)(H3,11,14,15)(H,22,23,24)/p-1/t3-,4+,5-,9-/m0/s1. The molecule has 2 saturated heterocycles. The van der Waals surface area contributed by atoms with Crippen molar-refractivity contribution in [2.24, 2.45) is 10.7 Å². The molecule has 3 heterocycles. The van der Waals surface area contributed by atoms with Crippen molar-refractivity contribution in [1.82, 2.24) is 15.3 Å². The number of hydroxylamine groups is 2. The Labute approximate surface area is 151 Å². The first-order valence-electron chi connectivity index (χ1n) is 7.26. The molecule has 4 atom stereocenters. The van der Waals surface area contributed by atoms with Gasteiger partial charge in [-0.2, -0.15) is 8.42 Å². The van der Waals surface area contributed by atoms with Crippen LogP contribution >= 0.6 is 0 Å². The number of aliphatic imine (C=N–C) groups is 1. The van der Waals surface area contributed by atoms with Gasteiger partial charge in [-0.3, -0.25) is 20.6 Å². The van der Waals surface area contributed by atoms with Crippen LogP contribution in [-0.2, 0) is 19.3 Å². The van der Waals surface area contributed by atoms with Gasteiger partial charge in [-0.05, 0) is 0 Å². The minimum atomic E-state index is -5.12. The molecule has 0 amide bonds. The minimum absolute atomic E-state index is 0.293. The third kappa shape index (κ3) is 2.71. The van der Waals surface area contributed by atoms with E-state index in [4.69, 9.17) is 21.1 Å². The Hall–Kier alpha value is -2.44. The molecular formula is C10H16N7O9S-. The van der Waals surface area contributed by atoms with E-state index >= 15 is 0 Å². The van der Waals surface area contributed by atoms with Crippen LogP contribution in [0.4, 0.5) is 0 Å². The lowest BCUT2D eigenvalue weighted by molar-refractivity contribution is -0.271. The van der Waals surface area contributed by atoms with Gasteiger partial charge >= 0.3 is 10.4 Å². The molecule has 2 fully saturated rings. The van der Waals surface area contributed by atoms with Crippen LogP contribution in [0.15, 0.2) is 4.99 Å². The number of hydrogen-bond donors (Lipinski definition) is 8. The molecule has 0 radical (unpaired) electrons. The molecule has 3 aliphatic heterocycles. The summed E-state index contributed by atoms with van der Waals surface area (Å²) in [7, 11) is -5.12. The van der Waals surface area contributed by atoms with Gasteiger partial charge in [-0.1, -0.05) is 0 Å². The maximum atomic E-state index is 11.0. The normalized spacial score (nSPS) is 34.6. The number of guanidine groups is 2. The molecule has 17 heteroatoms. The molecule has 3 aliphatic rings. The summed E-state index contributed by atoms with van der Waals surface area (Å²) in [6.45, 7) is -1.36. The Morgan fingerprint density at radius 1 is 1.52 bits per heavy atom. The molecule has 152 valence electrons. The fourth-order valence-electron chi connectivity index (χ4n) is 3.56. The summed E-state index contributed by atoms with van der Waals surface area (Å²) >= 11 is 0.